The smallest absolute Gasteiger partial charge is 0.159 e. The van der Waals surface area contributed by atoms with Crippen LogP contribution in [-0.4, -0.2) is 16.9 Å². The highest BCUT2D eigenvalue weighted by Crippen LogP contribution is 1.93. The summed E-state index contributed by atoms with van der Waals surface area (Å²) in [6, 6.07) is 0. The first-order valence-electron chi connectivity index (χ1n) is 2.33. The van der Waals surface area contributed by atoms with Crippen molar-refractivity contribution in [3.63, 3.8) is 0 Å². The van der Waals surface area contributed by atoms with Crippen LogP contribution in [0, 0.1) is 0 Å². The monoisotopic (exact) mass is 210 g/mol. The van der Waals surface area contributed by atoms with E-state index in [1.54, 1.807) is 0 Å². The van der Waals surface area contributed by atoms with Crippen molar-refractivity contribution in [1.29, 1.82) is 0 Å². The molecular formula is C4H7IN2. The molecule has 0 aromatic heterocycles. The Labute approximate surface area is 56.5 Å². The third-order valence-electron chi connectivity index (χ3n) is 0.856. The zero-order valence-electron chi connectivity index (χ0n) is 3.95. The van der Waals surface area contributed by atoms with Gasteiger partial charge in [-0.05, 0) is 29.0 Å². The van der Waals surface area contributed by atoms with E-state index in [9.17, 15) is 0 Å². The molecule has 0 aromatic rings. The SMILES string of the molecule is IC1=NCCCN1. The van der Waals surface area contributed by atoms with Gasteiger partial charge in [-0.25, -0.2) is 0 Å². The predicted molar refractivity (Wildman–Crippen MR) is 38.9 cm³/mol. The molecule has 1 N–H and O–H groups in total. The third kappa shape index (κ3) is 1.63. The maximum absolute atomic E-state index is 4.12. The molecule has 3 heteroatoms. The summed E-state index contributed by atoms with van der Waals surface area (Å²) in [4.78, 5) is 4.12. The third-order valence-corrected chi connectivity index (χ3v) is 1.58. The van der Waals surface area contributed by atoms with Crippen molar-refractivity contribution in [2.45, 2.75) is 6.42 Å². The van der Waals surface area contributed by atoms with E-state index >= 15 is 0 Å². The molecule has 0 amide bonds. The quantitative estimate of drug-likeness (QED) is 0.463. The Morgan fingerprint density at radius 3 is 2.86 bits per heavy atom. The number of hydrogen-bond acceptors (Lipinski definition) is 2. The number of halogens is 1. The van der Waals surface area contributed by atoms with Crippen molar-refractivity contribution in [2.24, 2.45) is 4.99 Å². The molecule has 7 heavy (non-hydrogen) atoms. The van der Waals surface area contributed by atoms with Crippen LogP contribution in [0.2, 0.25) is 0 Å². The maximum Gasteiger partial charge on any atom is 0.159 e. The first kappa shape index (κ1) is 5.34. The number of hydrogen-bond donors (Lipinski definition) is 1. The summed E-state index contributed by atoms with van der Waals surface area (Å²) in [5.74, 6) is 0. The first-order valence-corrected chi connectivity index (χ1v) is 3.41. The molecule has 0 saturated heterocycles. The zero-order chi connectivity index (χ0) is 5.11. The van der Waals surface area contributed by atoms with Gasteiger partial charge in [0.1, 0.15) is 0 Å². The molecular weight excluding hydrogens is 203 g/mol. The van der Waals surface area contributed by atoms with Gasteiger partial charge in [0, 0.05) is 13.1 Å². The predicted octanol–water partition coefficient (Wildman–Crippen LogP) is 0.771. The number of nitrogens with zero attached hydrogens (tertiary/aromatic N) is 1. The number of rotatable bonds is 0. The molecule has 2 nitrogen and oxygen atoms in total. The van der Waals surface area contributed by atoms with Crippen LogP contribution >= 0.6 is 22.6 Å². The van der Waals surface area contributed by atoms with Crippen LogP contribution in [0.15, 0.2) is 4.99 Å². The van der Waals surface area contributed by atoms with Crippen LogP contribution < -0.4 is 5.32 Å². The summed E-state index contributed by atoms with van der Waals surface area (Å²) in [5, 5.41) is 3.12. The summed E-state index contributed by atoms with van der Waals surface area (Å²) in [6.07, 6.45) is 1.19. The van der Waals surface area contributed by atoms with E-state index in [0.717, 1.165) is 16.9 Å². The molecule has 0 fully saturated rings. The molecule has 0 radical (unpaired) electrons. The molecule has 0 saturated carbocycles. The summed E-state index contributed by atoms with van der Waals surface area (Å²) < 4.78 is 1.06. The maximum atomic E-state index is 4.12. The van der Waals surface area contributed by atoms with Gasteiger partial charge in [-0.2, -0.15) is 0 Å². The second-order valence-electron chi connectivity index (χ2n) is 1.45. The standard InChI is InChI=1S/C4H7IN2/c5-4-6-2-1-3-7-4/h1-3H2,(H,6,7). The summed E-state index contributed by atoms with van der Waals surface area (Å²) >= 11 is 2.20. The molecule has 0 unspecified atom stereocenters. The second-order valence-corrected chi connectivity index (χ2v) is 2.47. The van der Waals surface area contributed by atoms with Crippen molar-refractivity contribution in [3.05, 3.63) is 0 Å². The van der Waals surface area contributed by atoms with E-state index in [1.807, 2.05) is 0 Å². The minimum Gasteiger partial charge on any atom is -0.365 e. The Kier molecular flexibility index (Phi) is 1.90. The van der Waals surface area contributed by atoms with Crippen LogP contribution in [0.1, 0.15) is 6.42 Å². The zero-order valence-corrected chi connectivity index (χ0v) is 6.10. The van der Waals surface area contributed by atoms with Crippen LogP contribution in [-0.2, 0) is 0 Å². The van der Waals surface area contributed by atoms with E-state index in [4.69, 9.17) is 0 Å². The summed E-state index contributed by atoms with van der Waals surface area (Å²) in [7, 11) is 0. The van der Waals surface area contributed by atoms with E-state index in [2.05, 4.69) is 32.9 Å². The lowest BCUT2D eigenvalue weighted by Gasteiger charge is -2.07. The van der Waals surface area contributed by atoms with Crippen molar-refractivity contribution in [2.75, 3.05) is 13.1 Å². The Morgan fingerprint density at radius 2 is 2.57 bits per heavy atom. The fourth-order valence-corrected chi connectivity index (χ4v) is 1.01. The van der Waals surface area contributed by atoms with E-state index in [-0.39, 0.29) is 0 Å². The van der Waals surface area contributed by atoms with Gasteiger partial charge in [0.05, 0.1) is 0 Å². The highest BCUT2D eigenvalue weighted by atomic mass is 127. The normalized spacial score (nSPS) is 20.4. The van der Waals surface area contributed by atoms with Crippen molar-refractivity contribution >= 4 is 26.4 Å². The van der Waals surface area contributed by atoms with Crippen molar-refractivity contribution in [3.8, 4) is 0 Å². The van der Waals surface area contributed by atoms with Crippen LogP contribution in [0.5, 0.6) is 0 Å². The molecule has 0 aromatic carbocycles. The largest absolute Gasteiger partial charge is 0.365 e. The van der Waals surface area contributed by atoms with E-state index in [0.29, 0.717) is 0 Å². The highest BCUT2D eigenvalue weighted by Gasteiger charge is 1.95. The molecule has 0 spiro atoms. The fourth-order valence-electron chi connectivity index (χ4n) is 0.504. The van der Waals surface area contributed by atoms with Gasteiger partial charge in [-0.1, -0.05) is 0 Å². The molecule has 40 valence electrons. The Bertz CT molecular complexity index is 89.7. The Balaban J connectivity index is 2.40. The number of nitrogens with one attached hydrogen (secondary N) is 1. The highest BCUT2D eigenvalue weighted by molar-refractivity contribution is 14.1. The molecule has 0 bridgehead atoms. The van der Waals surface area contributed by atoms with E-state index in [1.165, 1.54) is 6.42 Å². The number of amidine groups is 1. The van der Waals surface area contributed by atoms with Crippen molar-refractivity contribution < 1.29 is 0 Å². The van der Waals surface area contributed by atoms with Gasteiger partial charge in [0.15, 0.2) is 3.84 Å². The summed E-state index contributed by atoms with van der Waals surface area (Å²) in [5.41, 5.74) is 0. The molecule has 1 heterocycles. The van der Waals surface area contributed by atoms with Crippen LogP contribution in [0.3, 0.4) is 0 Å². The van der Waals surface area contributed by atoms with Crippen LogP contribution in [0.25, 0.3) is 0 Å². The average Bonchev–Trinajstić information content (AvgIpc) is 1.69. The Morgan fingerprint density at radius 1 is 1.71 bits per heavy atom. The molecule has 1 rings (SSSR count). The van der Waals surface area contributed by atoms with E-state index < -0.39 is 0 Å². The summed E-state index contributed by atoms with van der Waals surface area (Å²) in [6.45, 7) is 2.10. The van der Waals surface area contributed by atoms with Gasteiger partial charge in [-0.3, -0.25) is 4.99 Å². The minimum atomic E-state index is 1.01. The van der Waals surface area contributed by atoms with Crippen molar-refractivity contribution in [1.82, 2.24) is 5.32 Å². The van der Waals surface area contributed by atoms with Gasteiger partial charge in [-0.15, -0.1) is 0 Å². The minimum absolute atomic E-state index is 1.01. The lowest BCUT2D eigenvalue weighted by Crippen LogP contribution is -2.24. The molecule has 0 atom stereocenters. The first-order chi connectivity index (χ1) is 3.39. The van der Waals surface area contributed by atoms with Gasteiger partial charge >= 0.3 is 0 Å². The molecule has 1 aliphatic heterocycles. The van der Waals surface area contributed by atoms with Crippen LogP contribution in [0.4, 0.5) is 0 Å². The fraction of sp³-hybridized carbons (Fsp3) is 0.750. The lowest BCUT2D eigenvalue weighted by molar-refractivity contribution is 0.753. The topological polar surface area (TPSA) is 24.4 Å². The molecule has 0 aliphatic carbocycles. The number of aliphatic imine (C=N–C) groups is 1. The molecule has 1 aliphatic rings. The Hall–Kier alpha value is 0.200. The van der Waals surface area contributed by atoms with Gasteiger partial charge in [0.2, 0.25) is 0 Å². The average molecular weight is 210 g/mol. The van der Waals surface area contributed by atoms with Gasteiger partial charge < -0.3 is 5.32 Å². The lowest BCUT2D eigenvalue weighted by atomic mass is 10.4. The second kappa shape index (κ2) is 2.49. The van der Waals surface area contributed by atoms with Gasteiger partial charge in [0.25, 0.3) is 0 Å².